The minimum absolute atomic E-state index is 0.435. The average molecular weight is 328 g/mol. The SMILES string of the molecule is CC1(C)OB(c2cnc[n+](OB(O)c3ccncc3)c2)OC1(C)C. The third-order valence-electron chi connectivity index (χ3n) is 4.42. The van der Waals surface area contributed by atoms with Crippen LogP contribution in [0.3, 0.4) is 0 Å². The summed E-state index contributed by atoms with van der Waals surface area (Å²) in [5.41, 5.74) is 0.433. The normalized spacial score (nSPS) is 18.5. The van der Waals surface area contributed by atoms with Crippen molar-refractivity contribution in [1.29, 1.82) is 0 Å². The molecular formula is C15H20B2N3O4+. The Morgan fingerprint density at radius 2 is 1.75 bits per heavy atom. The van der Waals surface area contributed by atoms with Gasteiger partial charge in [-0.2, -0.15) is 0 Å². The van der Waals surface area contributed by atoms with Crippen molar-refractivity contribution in [3.8, 4) is 0 Å². The van der Waals surface area contributed by atoms with E-state index >= 15 is 0 Å². The van der Waals surface area contributed by atoms with Crippen LogP contribution in [0, 0.1) is 0 Å². The molecule has 0 amide bonds. The predicted molar refractivity (Wildman–Crippen MR) is 88.6 cm³/mol. The zero-order valence-electron chi connectivity index (χ0n) is 14.2. The molecule has 124 valence electrons. The van der Waals surface area contributed by atoms with E-state index in [2.05, 4.69) is 9.97 Å². The van der Waals surface area contributed by atoms with E-state index in [-0.39, 0.29) is 0 Å². The molecule has 0 atom stereocenters. The lowest BCUT2D eigenvalue weighted by atomic mass is 9.80. The third-order valence-corrected chi connectivity index (χ3v) is 4.42. The molecule has 1 saturated heterocycles. The fourth-order valence-corrected chi connectivity index (χ4v) is 2.26. The van der Waals surface area contributed by atoms with Gasteiger partial charge in [-0.1, -0.05) is 9.71 Å². The van der Waals surface area contributed by atoms with Crippen molar-refractivity contribution in [2.75, 3.05) is 0 Å². The number of hydrogen-bond acceptors (Lipinski definition) is 6. The fraction of sp³-hybridized carbons (Fsp3) is 0.400. The largest absolute Gasteiger partial charge is 0.609 e. The van der Waals surface area contributed by atoms with Crippen LogP contribution in [0.25, 0.3) is 0 Å². The van der Waals surface area contributed by atoms with Gasteiger partial charge >= 0.3 is 20.6 Å². The molecule has 0 unspecified atom stereocenters. The second kappa shape index (κ2) is 6.16. The summed E-state index contributed by atoms with van der Waals surface area (Å²) in [6.45, 7) is 7.95. The Kier molecular flexibility index (Phi) is 4.33. The average Bonchev–Trinajstić information content (AvgIpc) is 2.76. The molecule has 3 heterocycles. The molecule has 9 heteroatoms. The molecule has 0 saturated carbocycles. The van der Waals surface area contributed by atoms with Gasteiger partial charge in [0, 0.05) is 17.9 Å². The summed E-state index contributed by atoms with van der Waals surface area (Å²) in [4.78, 5) is 8.04. The van der Waals surface area contributed by atoms with E-state index in [1.165, 1.54) is 11.1 Å². The van der Waals surface area contributed by atoms with Crippen molar-refractivity contribution >= 4 is 25.2 Å². The summed E-state index contributed by atoms with van der Waals surface area (Å²) in [7, 11) is -1.68. The van der Waals surface area contributed by atoms with Crippen LogP contribution in [0.1, 0.15) is 27.7 Å². The van der Waals surface area contributed by atoms with Gasteiger partial charge in [-0.05, 0) is 39.8 Å². The zero-order valence-corrected chi connectivity index (χ0v) is 14.2. The van der Waals surface area contributed by atoms with E-state index in [4.69, 9.17) is 14.1 Å². The summed E-state index contributed by atoms with van der Waals surface area (Å²) in [5, 5.41) is 10.1. The molecule has 0 aliphatic carbocycles. The molecular weight excluding hydrogens is 308 g/mol. The molecule has 0 spiro atoms. The lowest BCUT2D eigenvalue weighted by Crippen LogP contribution is -2.57. The van der Waals surface area contributed by atoms with Gasteiger partial charge in [0.2, 0.25) is 0 Å². The number of pyridine rings is 1. The topological polar surface area (TPSA) is 77.6 Å². The lowest BCUT2D eigenvalue weighted by Gasteiger charge is -2.32. The van der Waals surface area contributed by atoms with Crippen molar-refractivity contribution in [1.82, 2.24) is 9.97 Å². The monoisotopic (exact) mass is 328 g/mol. The maximum absolute atomic E-state index is 10.1. The predicted octanol–water partition coefficient (Wildman–Crippen LogP) is -1.12. The van der Waals surface area contributed by atoms with E-state index in [0.717, 1.165) is 0 Å². The Bertz CT molecular complexity index is 699. The highest BCUT2D eigenvalue weighted by Gasteiger charge is 2.52. The number of aromatic nitrogens is 3. The first kappa shape index (κ1) is 16.9. The minimum atomic E-state index is -1.13. The molecule has 0 radical (unpaired) electrons. The molecule has 1 N–H and O–H groups in total. The number of hydrogen-bond donors (Lipinski definition) is 1. The highest BCUT2D eigenvalue weighted by molar-refractivity contribution is 6.62. The Morgan fingerprint density at radius 3 is 2.38 bits per heavy atom. The van der Waals surface area contributed by atoms with Crippen LogP contribution in [0.5, 0.6) is 0 Å². The third kappa shape index (κ3) is 3.28. The maximum Gasteiger partial charge on any atom is 0.609 e. The Balaban J connectivity index is 1.76. The fourth-order valence-electron chi connectivity index (χ4n) is 2.26. The van der Waals surface area contributed by atoms with E-state index in [9.17, 15) is 5.02 Å². The van der Waals surface area contributed by atoms with Crippen LogP contribution in [-0.2, 0) is 9.31 Å². The standard InChI is InChI=1S/C15H20B2N3O4/c1-14(2)15(3,4)23-17(22-14)13-9-19-11-20(10-13)24-16(21)12-5-7-18-8-6-12/h5-11,21H,1-4H3/q+1. The summed E-state index contributed by atoms with van der Waals surface area (Å²) in [6, 6.07) is 3.35. The molecule has 3 rings (SSSR count). The number of nitrogens with zero attached hydrogens (tertiary/aromatic N) is 3. The summed E-state index contributed by atoms with van der Waals surface area (Å²) in [5.74, 6) is 0. The summed E-state index contributed by atoms with van der Waals surface area (Å²) < 4.78 is 18.8. The van der Waals surface area contributed by atoms with Gasteiger partial charge in [-0.25, -0.2) is 0 Å². The van der Waals surface area contributed by atoms with Gasteiger partial charge in [0.25, 0.3) is 0 Å². The van der Waals surface area contributed by atoms with Crippen molar-refractivity contribution < 1.29 is 23.8 Å². The first-order valence-corrected chi connectivity index (χ1v) is 7.75. The zero-order chi connectivity index (χ0) is 17.4. The van der Waals surface area contributed by atoms with E-state index in [1.807, 2.05) is 27.7 Å². The first-order chi connectivity index (χ1) is 11.3. The summed E-state index contributed by atoms with van der Waals surface area (Å²) in [6.07, 6.45) is 7.97. The van der Waals surface area contributed by atoms with Crippen molar-refractivity contribution in [3.63, 3.8) is 0 Å². The van der Waals surface area contributed by atoms with Crippen molar-refractivity contribution in [2.45, 2.75) is 38.9 Å². The Hall–Kier alpha value is -1.96. The maximum atomic E-state index is 10.1. The molecule has 24 heavy (non-hydrogen) atoms. The van der Waals surface area contributed by atoms with Crippen LogP contribution in [0.2, 0.25) is 0 Å². The second-order valence-electron chi connectivity index (χ2n) is 6.71. The first-order valence-electron chi connectivity index (χ1n) is 7.75. The van der Waals surface area contributed by atoms with E-state index in [1.54, 1.807) is 36.9 Å². The Labute approximate surface area is 141 Å². The highest BCUT2D eigenvalue weighted by atomic mass is 16.7. The molecule has 0 aromatic carbocycles. The molecule has 1 fully saturated rings. The van der Waals surface area contributed by atoms with Crippen LogP contribution in [0.15, 0.2) is 43.2 Å². The number of rotatable bonds is 4. The second-order valence-corrected chi connectivity index (χ2v) is 6.71. The van der Waals surface area contributed by atoms with Crippen LogP contribution < -0.4 is 20.4 Å². The minimum Gasteiger partial charge on any atom is -0.410 e. The van der Waals surface area contributed by atoms with Crippen LogP contribution in [-0.4, -0.2) is 40.4 Å². The van der Waals surface area contributed by atoms with Gasteiger partial charge in [-0.3, -0.25) is 4.98 Å². The van der Waals surface area contributed by atoms with Gasteiger partial charge < -0.3 is 19.1 Å². The smallest absolute Gasteiger partial charge is 0.410 e. The van der Waals surface area contributed by atoms with Gasteiger partial charge in [0.15, 0.2) is 0 Å². The summed E-state index contributed by atoms with van der Waals surface area (Å²) >= 11 is 0. The Morgan fingerprint density at radius 1 is 1.12 bits per heavy atom. The highest BCUT2D eigenvalue weighted by Crippen LogP contribution is 2.36. The van der Waals surface area contributed by atoms with Gasteiger partial charge in [0.1, 0.15) is 12.4 Å². The van der Waals surface area contributed by atoms with Crippen LogP contribution in [0.4, 0.5) is 0 Å². The van der Waals surface area contributed by atoms with Crippen LogP contribution >= 0.6 is 0 Å². The van der Waals surface area contributed by atoms with E-state index in [0.29, 0.717) is 10.9 Å². The molecule has 7 nitrogen and oxygen atoms in total. The lowest BCUT2D eigenvalue weighted by molar-refractivity contribution is -0.865. The molecule has 2 aromatic rings. The molecule has 1 aliphatic heterocycles. The quantitative estimate of drug-likeness (QED) is 0.566. The molecule has 2 aromatic heterocycles. The van der Waals surface area contributed by atoms with Crippen molar-refractivity contribution in [3.05, 3.63) is 43.2 Å². The van der Waals surface area contributed by atoms with Crippen molar-refractivity contribution in [2.24, 2.45) is 0 Å². The van der Waals surface area contributed by atoms with E-state index < -0.39 is 25.4 Å². The van der Waals surface area contributed by atoms with Gasteiger partial charge in [-0.15, -0.1) is 0 Å². The van der Waals surface area contributed by atoms with Gasteiger partial charge in [0.05, 0.1) is 16.7 Å². The molecule has 1 aliphatic rings. The molecule has 0 bridgehead atoms.